The molecule has 0 bridgehead atoms. The highest BCUT2D eigenvalue weighted by Gasteiger charge is 2.12. The SMILES string of the molecule is Cc1cc(C(=O)NC(C)CC(C)C)cc(Cl)n1. The van der Waals surface area contributed by atoms with Crippen LogP contribution in [0.4, 0.5) is 0 Å². The van der Waals surface area contributed by atoms with E-state index in [-0.39, 0.29) is 11.9 Å². The van der Waals surface area contributed by atoms with Gasteiger partial charge in [0, 0.05) is 17.3 Å². The molecule has 1 heterocycles. The van der Waals surface area contributed by atoms with Crippen LogP contribution in [0.15, 0.2) is 12.1 Å². The van der Waals surface area contributed by atoms with Gasteiger partial charge in [-0.05, 0) is 38.3 Å². The monoisotopic (exact) mass is 254 g/mol. The predicted molar refractivity (Wildman–Crippen MR) is 70.4 cm³/mol. The molecule has 1 atom stereocenters. The van der Waals surface area contributed by atoms with Crippen LogP contribution in [0, 0.1) is 12.8 Å². The Balaban J connectivity index is 2.69. The molecule has 17 heavy (non-hydrogen) atoms. The molecule has 1 amide bonds. The minimum atomic E-state index is -0.0921. The van der Waals surface area contributed by atoms with Gasteiger partial charge in [-0.15, -0.1) is 0 Å². The van der Waals surface area contributed by atoms with Crippen LogP contribution >= 0.6 is 11.6 Å². The van der Waals surface area contributed by atoms with Gasteiger partial charge in [0.2, 0.25) is 0 Å². The molecule has 0 aliphatic heterocycles. The van der Waals surface area contributed by atoms with E-state index < -0.39 is 0 Å². The van der Waals surface area contributed by atoms with Gasteiger partial charge in [0.05, 0.1) is 0 Å². The quantitative estimate of drug-likeness (QED) is 0.839. The molecule has 0 saturated heterocycles. The van der Waals surface area contributed by atoms with Gasteiger partial charge in [-0.1, -0.05) is 25.4 Å². The molecule has 0 fully saturated rings. The standard InChI is InChI=1S/C13H19ClN2O/c1-8(2)5-9(3)16-13(17)11-6-10(4)15-12(14)7-11/h6-9H,5H2,1-4H3,(H,16,17). The van der Waals surface area contributed by atoms with Crippen LogP contribution in [0.2, 0.25) is 5.15 Å². The molecule has 0 radical (unpaired) electrons. The Kier molecular flexibility index (Phi) is 4.94. The summed E-state index contributed by atoms with van der Waals surface area (Å²) in [6.07, 6.45) is 0.962. The highest BCUT2D eigenvalue weighted by molar-refractivity contribution is 6.29. The highest BCUT2D eigenvalue weighted by Crippen LogP contribution is 2.11. The van der Waals surface area contributed by atoms with Gasteiger partial charge < -0.3 is 5.32 Å². The van der Waals surface area contributed by atoms with Crippen LogP contribution < -0.4 is 5.32 Å². The molecule has 4 heteroatoms. The fraction of sp³-hybridized carbons (Fsp3) is 0.538. The Morgan fingerprint density at radius 3 is 2.59 bits per heavy atom. The molecule has 1 aromatic heterocycles. The number of carbonyl (C=O) groups is 1. The fourth-order valence-electron chi connectivity index (χ4n) is 1.83. The normalized spacial score (nSPS) is 12.6. The number of rotatable bonds is 4. The Hall–Kier alpha value is -1.09. The van der Waals surface area contributed by atoms with Gasteiger partial charge in [0.15, 0.2) is 0 Å². The molecule has 94 valence electrons. The Morgan fingerprint density at radius 2 is 2.06 bits per heavy atom. The van der Waals surface area contributed by atoms with E-state index in [1.807, 2.05) is 13.8 Å². The highest BCUT2D eigenvalue weighted by atomic mass is 35.5. The zero-order chi connectivity index (χ0) is 13.0. The maximum absolute atomic E-state index is 11.9. The molecule has 0 aliphatic carbocycles. The first-order valence-corrected chi connectivity index (χ1v) is 6.21. The summed E-state index contributed by atoms with van der Waals surface area (Å²) in [5.74, 6) is 0.471. The van der Waals surface area contributed by atoms with E-state index in [1.54, 1.807) is 12.1 Å². The summed E-state index contributed by atoms with van der Waals surface area (Å²) in [7, 11) is 0. The minimum Gasteiger partial charge on any atom is -0.350 e. The van der Waals surface area contributed by atoms with Crippen molar-refractivity contribution in [3.8, 4) is 0 Å². The van der Waals surface area contributed by atoms with E-state index in [0.29, 0.717) is 16.6 Å². The number of amides is 1. The lowest BCUT2D eigenvalue weighted by Gasteiger charge is -2.16. The summed E-state index contributed by atoms with van der Waals surface area (Å²) >= 11 is 5.82. The lowest BCUT2D eigenvalue weighted by Crippen LogP contribution is -2.33. The number of nitrogens with one attached hydrogen (secondary N) is 1. The van der Waals surface area contributed by atoms with Crippen molar-refractivity contribution < 1.29 is 4.79 Å². The second kappa shape index (κ2) is 6.01. The topological polar surface area (TPSA) is 42.0 Å². The summed E-state index contributed by atoms with van der Waals surface area (Å²) in [5, 5.41) is 3.31. The molecule has 3 nitrogen and oxygen atoms in total. The maximum atomic E-state index is 11.9. The number of aryl methyl sites for hydroxylation is 1. The third kappa shape index (κ3) is 4.73. The predicted octanol–water partition coefficient (Wildman–Crippen LogP) is 3.21. The first-order chi connectivity index (χ1) is 7.88. The van der Waals surface area contributed by atoms with Gasteiger partial charge in [0.25, 0.3) is 5.91 Å². The van der Waals surface area contributed by atoms with E-state index in [1.165, 1.54) is 0 Å². The van der Waals surface area contributed by atoms with Gasteiger partial charge in [-0.25, -0.2) is 4.98 Å². The van der Waals surface area contributed by atoms with E-state index >= 15 is 0 Å². The average molecular weight is 255 g/mol. The van der Waals surface area contributed by atoms with E-state index in [9.17, 15) is 4.79 Å². The Bertz CT molecular complexity index is 384. The molecule has 1 unspecified atom stereocenters. The van der Waals surface area contributed by atoms with Crippen molar-refractivity contribution in [3.05, 3.63) is 28.5 Å². The largest absolute Gasteiger partial charge is 0.350 e. The summed E-state index contributed by atoms with van der Waals surface area (Å²) in [4.78, 5) is 16.0. The van der Waals surface area contributed by atoms with Crippen LogP contribution in [0.25, 0.3) is 0 Å². The van der Waals surface area contributed by atoms with Gasteiger partial charge >= 0.3 is 0 Å². The zero-order valence-electron chi connectivity index (χ0n) is 10.7. The van der Waals surface area contributed by atoms with Crippen molar-refractivity contribution in [3.63, 3.8) is 0 Å². The van der Waals surface area contributed by atoms with Crippen LogP contribution in [0.3, 0.4) is 0 Å². The molecule has 0 spiro atoms. The Labute approximate surface area is 108 Å². The molecular weight excluding hydrogens is 236 g/mol. The maximum Gasteiger partial charge on any atom is 0.251 e. The minimum absolute atomic E-state index is 0.0921. The van der Waals surface area contributed by atoms with E-state index in [4.69, 9.17) is 11.6 Å². The summed E-state index contributed by atoms with van der Waals surface area (Å²) in [5.41, 5.74) is 1.32. The number of hydrogen-bond donors (Lipinski definition) is 1. The Morgan fingerprint density at radius 1 is 1.41 bits per heavy atom. The van der Waals surface area contributed by atoms with Crippen molar-refractivity contribution >= 4 is 17.5 Å². The van der Waals surface area contributed by atoms with Crippen molar-refractivity contribution in [1.29, 1.82) is 0 Å². The molecule has 1 rings (SSSR count). The lowest BCUT2D eigenvalue weighted by atomic mass is 10.0. The molecule has 0 aromatic carbocycles. The number of aromatic nitrogens is 1. The summed E-state index contributed by atoms with van der Waals surface area (Å²) < 4.78 is 0. The number of nitrogens with zero attached hydrogens (tertiary/aromatic N) is 1. The lowest BCUT2D eigenvalue weighted by molar-refractivity contribution is 0.0936. The van der Waals surface area contributed by atoms with Crippen molar-refractivity contribution in [1.82, 2.24) is 10.3 Å². The van der Waals surface area contributed by atoms with Crippen LogP contribution in [-0.4, -0.2) is 16.9 Å². The van der Waals surface area contributed by atoms with Crippen molar-refractivity contribution in [2.45, 2.75) is 40.2 Å². The van der Waals surface area contributed by atoms with Crippen LogP contribution in [0.1, 0.15) is 43.2 Å². The van der Waals surface area contributed by atoms with E-state index in [2.05, 4.69) is 24.1 Å². The van der Waals surface area contributed by atoms with Gasteiger partial charge in [-0.3, -0.25) is 4.79 Å². The van der Waals surface area contributed by atoms with Gasteiger partial charge in [0.1, 0.15) is 5.15 Å². The van der Waals surface area contributed by atoms with Gasteiger partial charge in [-0.2, -0.15) is 0 Å². The first kappa shape index (κ1) is 14.0. The zero-order valence-corrected chi connectivity index (χ0v) is 11.5. The molecule has 1 N–H and O–H groups in total. The second-order valence-electron chi connectivity index (χ2n) is 4.82. The van der Waals surface area contributed by atoms with Crippen molar-refractivity contribution in [2.24, 2.45) is 5.92 Å². The molecular formula is C13H19ClN2O. The number of pyridine rings is 1. The summed E-state index contributed by atoms with van der Waals surface area (Å²) in [6.45, 7) is 8.10. The molecule has 1 aromatic rings. The number of hydrogen-bond acceptors (Lipinski definition) is 2. The molecule has 0 aliphatic rings. The van der Waals surface area contributed by atoms with Crippen molar-refractivity contribution in [2.75, 3.05) is 0 Å². The molecule has 0 saturated carbocycles. The summed E-state index contributed by atoms with van der Waals surface area (Å²) in [6, 6.07) is 3.49. The third-order valence-corrected chi connectivity index (χ3v) is 2.58. The first-order valence-electron chi connectivity index (χ1n) is 5.83. The second-order valence-corrected chi connectivity index (χ2v) is 5.21. The number of carbonyl (C=O) groups excluding carboxylic acids is 1. The third-order valence-electron chi connectivity index (χ3n) is 2.39. The fourth-order valence-corrected chi connectivity index (χ4v) is 2.08. The smallest absolute Gasteiger partial charge is 0.251 e. The van der Waals surface area contributed by atoms with Crippen LogP contribution in [0.5, 0.6) is 0 Å². The van der Waals surface area contributed by atoms with Crippen LogP contribution in [-0.2, 0) is 0 Å². The number of halogens is 1. The average Bonchev–Trinajstić information content (AvgIpc) is 2.14. The van der Waals surface area contributed by atoms with E-state index in [0.717, 1.165) is 12.1 Å².